The fraction of sp³-hybridized carbons (Fsp3) is 1.00. The van der Waals surface area contributed by atoms with Crippen LogP contribution in [0.5, 0.6) is 0 Å². The molecule has 0 N–H and O–H groups in total. The van der Waals surface area contributed by atoms with Gasteiger partial charge in [0.25, 0.3) is 0 Å². The van der Waals surface area contributed by atoms with E-state index in [0.717, 1.165) is 19.1 Å². The summed E-state index contributed by atoms with van der Waals surface area (Å²) in [5, 5.41) is 4.43. The zero-order valence-corrected chi connectivity index (χ0v) is 12.5. The average Bonchev–Trinajstić information content (AvgIpc) is 2.21. The van der Waals surface area contributed by atoms with Crippen LogP contribution >= 0.6 is 0 Å². The van der Waals surface area contributed by atoms with Crippen molar-refractivity contribution in [2.45, 2.75) is 19.9 Å². The van der Waals surface area contributed by atoms with E-state index in [1.54, 1.807) is 0 Å². The number of piperazine rings is 2. The predicted molar refractivity (Wildman–Crippen MR) is 57.3 cm³/mol. The first-order chi connectivity index (χ1) is 6.36. The fourth-order valence-electron chi connectivity index (χ4n) is 1.96. The molecule has 1 atom stereocenters. The minimum Gasteiger partial charge on any atom is -0.660 e. The van der Waals surface area contributed by atoms with E-state index >= 15 is 0 Å². The Kier molecular flexibility index (Phi) is 8.12. The SMILES string of the molecule is CC.CN1CCN2CC[N-]CC2C1.[W]. The van der Waals surface area contributed by atoms with Gasteiger partial charge >= 0.3 is 0 Å². The Balaban J connectivity index is 0.000000531. The molecule has 2 aliphatic heterocycles. The van der Waals surface area contributed by atoms with E-state index < -0.39 is 0 Å². The van der Waals surface area contributed by atoms with Crippen molar-refractivity contribution in [3.8, 4) is 0 Å². The molecule has 0 amide bonds. The molecular formula is C10H22N3W-. The van der Waals surface area contributed by atoms with Gasteiger partial charge in [0, 0.05) is 46.7 Å². The van der Waals surface area contributed by atoms with Gasteiger partial charge in [0.2, 0.25) is 0 Å². The average molecular weight is 368 g/mol. The summed E-state index contributed by atoms with van der Waals surface area (Å²) in [7, 11) is 2.20. The van der Waals surface area contributed by atoms with Crippen LogP contribution in [-0.2, 0) is 21.1 Å². The standard InChI is InChI=1S/C8H16N3.C2H6.W/c1-10-4-5-11-3-2-9-6-8(11)7-10;1-2;/h8H,2-7H2,1H3;1-2H3;/q-1;;. The summed E-state index contributed by atoms with van der Waals surface area (Å²) < 4.78 is 0. The van der Waals surface area contributed by atoms with Gasteiger partial charge in [-0.3, -0.25) is 0 Å². The molecule has 4 heteroatoms. The minimum atomic E-state index is 0. The van der Waals surface area contributed by atoms with Gasteiger partial charge in [-0.25, -0.2) is 0 Å². The third kappa shape index (κ3) is 3.98. The van der Waals surface area contributed by atoms with E-state index in [2.05, 4.69) is 22.2 Å². The van der Waals surface area contributed by atoms with Crippen LogP contribution in [0.15, 0.2) is 0 Å². The molecule has 0 aromatic rings. The van der Waals surface area contributed by atoms with Crippen LogP contribution in [0.4, 0.5) is 0 Å². The molecule has 0 spiro atoms. The topological polar surface area (TPSA) is 20.6 Å². The zero-order chi connectivity index (χ0) is 9.68. The van der Waals surface area contributed by atoms with Crippen LogP contribution in [0.25, 0.3) is 5.32 Å². The zero-order valence-electron chi connectivity index (χ0n) is 9.57. The first-order valence-corrected chi connectivity index (χ1v) is 5.42. The molecule has 0 aromatic heterocycles. The molecule has 2 aliphatic rings. The van der Waals surface area contributed by atoms with Gasteiger partial charge < -0.3 is 15.1 Å². The number of hydrogen-bond donors (Lipinski definition) is 0. The summed E-state index contributed by atoms with van der Waals surface area (Å²) in [6.45, 7) is 11.0. The second kappa shape index (κ2) is 7.81. The van der Waals surface area contributed by atoms with E-state index in [9.17, 15) is 0 Å². The number of hydrogen-bond acceptors (Lipinski definition) is 2. The summed E-state index contributed by atoms with van der Waals surface area (Å²) in [5.41, 5.74) is 0. The van der Waals surface area contributed by atoms with Crippen LogP contribution < -0.4 is 0 Å². The van der Waals surface area contributed by atoms with E-state index in [0.29, 0.717) is 0 Å². The number of rotatable bonds is 0. The van der Waals surface area contributed by atoms with Gasteiger partial charge in [0.1, 0.15) is 0 Å². The van der Waals surface area contributed by atoms with Crippen LogP contribution in [-0.4, -0.2) is 62.2 Å². The molecule has 2 rings (SSSR count). The van der Waals surface area contributed by atoms with Crippen molar-refractivity contribution in [1.82, 2.24) is 9.80 Å². The van der Waals surface area contributed by atoms with Crippen molar-refractivity contribution >= 4 is 0 Å². The normalized spacial score (nSPS) is 28.1. The van der Waals surface area contributed by atoms with Crippen molar-refractivity contribution < 1.29 is 21.1 Å². The maximum absolute atomic E-state index is 4.43. The Morgan fingerprint density at radius 2 is 1.86 bits per heavy atom. The monoisotopic (exact) mass is 368 g/mol. The Morgan fingerprint density at radius 1 is 1.14 bits per heavy atom. The first kappa shape index (κ1) is 14.6. The van der Waals surface area contributed by atoms with E-state index in [1.165, 1.54) is 26.2 Å². The summed E-state index contributed by atoms with van der Waals surface area (Å²) in [6.07, 6.45) is 0. The third-order valence-electron chi connectivity index (χ3n) is 2.69. The molecular weight excluding hydrogens is 346 g/mol. The molecule has 0 radical (unpaired) electrons. The van der Waals surface area contributed by atoms with E-state index in [-0.39, 0.29) is 21.1 Å². The van der Waals surface area contributed by atoms with Crippen LogP contribution in [0.3, 0.4) is 0 Å². The minimum absolute atomic E-state index is 0. The largest absolute Gasteiger partial charge is 0.660 e. The van der Waals surface area contributed by atoms with Gasteiger partial charge in [0.05, 0.1) is 0 Å². The Morgan fingerprint density at radius 3 is 2.57 bits per heavy atom. The van der Waals surface area contributed by atoms with Crippen LogP contribution in [0.2, 0.25) is 0 Å². The van der Waals surface area contributed by atoms with Crippen LogP contribution in [0, 0.1) is 0 Å². The maximum atomic E-state index is 4.43. The molecule has 1 unspecified atom stereocenters. The predicted octanol–water partition coefficient (Wildman–Crippen LogP) is 1.01. The molecule has 2 heterocycles. The van der Waals surface area contributed by atoms with Gasteiger partial charge in [-0.15, -0.1) is 13.1 Å². The van der Waals surface area contributed by atoms with E-state index in [1.807, 2.05) is 13.8 Å². The third-order valence-corrected chi connectivity index (χ3v) is 2.69. The molecule has 0 aliphatic carbocycles. The number of likely N-dealkylation sites (N-methyl/N-ethyl adjacent to an activating group) is 1. The molecule has 0 bridgehead atoms. The summed E-state index contributed by atoms with van der Waals surface area (Å²) in [4.78, 5) is 4.98. The summed E-state index contributed by atoms with van der Waals surface area (Å²) >= 11 is 0. The van der Waals surface area contributed by atoms with Crippen molar-refractivity contribution in [1.29, 1.82) is 0 Å². The quantitative estimate of drug-likeness (QED) is 0.637. The molecule has 3 nitrogen and oxygen atoms in total. The first-order valence-electron chi connectivity index (χ1n) is 5.42. The van der Waals surface area contributed by atoms with Gasteiger partial charge in [-0.2, -0.15) is 0 Å². The molecule has 0 saturated carbocycles. The van der Waals surface area contributed by atoms with E-state index in [4.69, 9.17) is 0 Å². The number of fused-ring (bicyclic) bond motifs is 1. The fourth-order valence-corrected chi connectivity index (χ4v) is 1.96. The van der Waals surface area contributed by atoms with Crippen LogP contribution in [0.1, 0.15) is 13.8 Å². The smallest absolute Gasteiger partial charge is 0.0119 e. The van der Waals surface area contributed by atoms with Gasteiger partial charge in [-0.1, -0.05) is 13.8 Å². The Bertz CT molecular complexity index is 143. The van der Waals surface area contributed by atoms with Crippen molar-refractivity contribution in [3.63, 3.8) is 0 Å². The van der Waals surface area contributed by atoms with Crippen molar-refractivity contribution in [2.75, 3.05) is 46.3 Å². The maximum Gasteiger partial charge on any atom is 0.0119 e. The molecule has 2 saturated heterocycles. The van der Waals surface area contributed by atoms with Crippen molar-refractivity contribution in [3.05, 3.63) is 5.32 Å². The summed E-state index contributed by atoms with van der Waals surface area (Å²) in [6, 6.07) is 0.725. The summed E-state index contributed by atoms with van der Waals surface area (Å²) in [5.74, 6) is 0. The van der Waals surface area contributed by atoms with Gasteiger partial charge in [0.15, 0.2) is 0 Å². The molecule has 84 valence electrons. The molecule has 2 fully saturated rings. The Labute approximate surface area is 102 Å². The van der Waals surface area contributed by atoms with Crippen molar-refractivity contribution in [2.24, 2.45) is 0 Å². The number of nitrogens with zero attached hydrogens (tertiary/aromatic N) is 3. The van der Waals surface area contributed by atoms with Gasteiger partial charge in [-0.05, 0) is 13.6 Å². The second-order valence-corrected chi connectivity index (χ2v) is 3.58. The molecule has 14 heavy (non-hydrogen) atoms. The second-order valence-electron chi connectivity index (χ2n) is 3.58. The molecule has 0 aromatic carbocycles. The Hall–Kier alpha value is 0.568.